The highest BCUT2D eigenvalue weighted by Crippen LogP contribution is 2.21. The third kappa shape index (κ3) is 1.01. The second kappa shape index (κ2) is 2.58. The van der Waals surface area contributed by atoms with Gasteiger partial charge < -0.3 is 10.4 Å². The minimum Gasteiger partial charge on any atom is -0.394 e. The van der Waals surface area contributed by atoms with Crippen molar-refractivity contribution in [1.29, 1.82) is 0 Å². The van der Waals surface area contributed by atoms with Gasteiger partial charge in [-0.05, 0) is 5.92 Å². The van der Waals surface area contributed by atoms with Crippen molar-refractivity contribution in [2.75, 3.05) is 6.61 Å². The van der Waals surface area contributed by atoms with Gasteiger partial charge in [0.15, 0.2) is 0 Å². The first-order valence-electron chi connectivity index (χ1n) is 3.58. The van der Waals surface area contributed by atoms with Crippen molar-refractivity contribution in [3.8, 4) is 0 Å². The summed E-state index contributed by atoms with van der Waals surface area (Å²) in [5.74, 6) is 0.376. The predicted octanol–water partition coefficient (Wildman–Crippen LogP) is -0.251. The Labute approximate surface area is 60.4 Å². The number of aliphatic hydroxyl groups is 1. The molecule has 1 heterocycles. The molecule has 1 fully saturated rings. The molecule has 3 atom stereocenters. The molecule has 0 aromatic carbocycles. The van der Waals surface area contributed by atoms with E-state index < -0.39 is 0 Å². The van der Waals surface area contributed by atoms with E-state index in [0.29, 0.717) is 0 Å². The minimum atomic E-state index is -0.0255. The molecule has 10 heavy (non-hydrogen) atoms. The van der Waals surface area contributed by atoms with Gasteiger partial charge in [-0.2, -0.15) is 0 Å². The van der Waals surface area contributed by atoms with Crippen LogP contribution in [0.25, 0.3) is 0 Å². The summed E-state index contributed by atoms with van der Waals surface area (Å²) >= 11 is 0. The minimum absolute atomic E-state index is 0.0255. The molecule has 58 valence electrons. The zero-order chi connectivity index (χ0) is 7.72. The Hall–Kier alpha value is -0.570. The fourth-order valence-electron chi connectivity index (χ4n) is 1.24. The van der Waals surface area contributed by atoms with Crippen molar-refractivity contribution < 1.29 is 9.90 Å². The first-order valence-corrected chi connectivity index (χ1v) is 3.58. The van der Waals surface area contributed by atoms with Crippen LogP contribution in [0.2, 0.25) is 0 Å². The lowest BCUT2D eigenvalue weighted by Gasteiger charge is -2.12. The molecule has 0 bridgehead atoms. The fraction of sp³-hybridized carbons (Fsp3) is 0.857. The Bertz CT molecular complexity index is 147. The third-order valence-corrected chi connectivity index (χ3v) is 2.36. The normalized spacial score (nSPS) is 39.9. The van der Waals surface area contributed by atoms with Crippen LogP contribution in [0.5, 0.6) is 0 Å². The van der Waals surface area contributed by atoms with Crippen molar-refractivity contribution in [2.45, 2.75) is 19.9 Å². The number of nitrogens with one attached hydrogen (secondary N) is 1. The summed E-state index contributed by atoms with van der Waals surface area (Å²) in [6, 6.07) is -0.0255. The van der Waals surface area contributed by atoms with Crippen molar-refractivity contribution >= 4 is 5.91 Å². The zero-order valence-corrected chi connectivity index (χ0v) is 6.29. The molecule has 0 unspecified atom stereocenters. The van der Waals surface area contributed by atoms with Crippen LogP contribution in [-0.2, 0) is 4.79 Å². The summed E-state index contributed by atoms with van der Waals surface area (Å²) in [6.45, 7) is 3.91. The SMILES string of the molecule is C[C@H]1[C@H](C)C(=O)N[C@@H]1CO. The van der Waals surface area contributed by atoms with E-state index in [4.69, 9.17) is 5.11 Å². The topological polar surface area (TPSA) is 49.3 Å². The lowest BCUT2D eigenvalue weighted by molar-refractivity contribution is -0.122. The Morgan fingerprint density at radius 1 is 1.60 bits per heavy atom. The van der Waals surface area contributed by atoms with Crippen LogP contribution in [0.3, 0.4) is 0 Å². The molecular formula is C7H13NO2. The molecule has 1 amide bonds. The molecule has 0 saturated carbocycles. The van der Waals surface area contributed by atoms with Gasteiger partial charge in [0, 0.05) is 5.92 Å². The van der Waals surface area contributed by atoms with E-state index in [1.54, 1.807) is 0 Å². The summed E-state index contributed by atoms with van der Waals surface area (Å²) < 4.78 is 0. The maximum absolute atomic E-state index is 10.9. The molecule has 2 N–H and O–H groups in total. The first-order chi connectivity index (χ1) is 4.66. The summed E-state index contributed by atoms with van der Waals surface area (Å²) in [6.07, 6.45) is 0. The summed E-state index contributed by atoms with van der Waals surface area (Å²) in [4.78, 5) is 10.9. The first kappa shape index (κ1) is 7.54. The quantitative estimate of drug-likeness (QED) is 0.531. The predicted molar refractivity (Wildman–Crippen MR) is 37.3 cm³/mol. The smallest absolute Gasteiger partial charge is 0.223 e. The molecule has 0 spiro atoms. The van der Waals surface area contributed by atoms with Crippen molar-refractivity contribution in [1.82, 2.24) is 5.32 Å². The maximum Gasteiger partial charge on any atom is 0.223 e. The van der Waals surface area contributed by atoms with Gasteiger partial charge in [-0.3, -0.25) is 4.79 Å². The lowest BCUT2D eigenvalue weighted by Crippen LogP contribution is -2.31. The van der Waals surface area contributed by atoms with E-state index in [9.17, 15) is 4.79 Å². The molecule has 3 nitrogen and oxygen atoms in total. The molecule has 1 rings (SSSR count). The summed E-state index contributed by atoms with van der Waals surface area (Å²) in [5, 5.41) is 11.5. The Morgan fingerprint density at radius 3 is 2.40 bits per heavy atom. The highest BCUT2D eigenvalue weighted by molar-refractivity contribution is 5.81. The van der Waals surface area contributed by atoms with Gasteiger partial charge in [-0.1, -0.05) is 13.8 Å². The average molecular weight is 143 g/mol. The molecule has 0 aromatic rings. The van der Waals surface area contributed by atoms with Gasteiger partial charge in [0.25, 0.3) is 0 Å². The highest BCUT2D eigenvalue weighted by atomic mass is 16.3. The van der Waals surface area contributed by atoms with E-state index in [1.807, 2.05) is 13.8 Å². The van der Waals surface area contributed by atoms with Gasteiger partial charge in [0.05, 0.1) is 12.6 Å². The fourth-order valence-corrected chi connectivity index (χ4v) is 1.24. The van der Waals surface area contributed by atoms with Crippen LogP contribution in [0.1, 0.15) is 13.8 Å². The van der Waals surface area contributed by atoms with E-state index in [1.165, 1.54) is 0 Å². The average Bonchev–Trinajstić information content (AvgIpc) is 2.17. The van der Waals surface area contributed by atoms with Gasteiger partial charge in [0.1, 0.15) is 0 Å². The molecule has 1 aliphatic heterocycles. The Balaban J connectivity index is 2.61. The van der Waals surface area contributed by atoms with Crippen LogP contribution < -0.4 is 5.32 Å². The van der Waals surface area contributed by atoms with Crippen molar-refractivity contribution in [3.05, 3.63) is 0 Å². The van der Waals surface area contributed by atoms with Crippen LogP contribution >= 0.6 is 0 Å². The summed E-state index contributed by atoms with van der Waals surface area (Å²) in [7, 11) is 0. The molecule has 3 heteroatoms. The molecule has 1 saturated heterocycles. The number of carbonyl (C=O) groups excluding carboxylic acids is 1. The van der Waals surface area contributed by atoms with Crippen molar-refractivity contribution in [2.24, 2.45) is 11.8 Å². The molecule has 0 radical (unpaired) electrons. The molecular weight excluding hydrogens is 130 g/mol. The third-order valence-electron chi connectivity index (χ3n) is 2.36. The van der Waals surface area contributed by atoms with Gasteiger partial charge in [-0.15, -0.1) is 0 Å². The van der Waals surface area contributed by atoms with Gasteiger partial charge >= 0.3 is 0 Å². The number of aliphatic hydroxyl groups excluding tert-OH is 1. The Morgan fingerprint density at radius 2 is 2.20 bits per heavy atom. The van der Waals surface area contributed by atoms with Crippen LogP contribution in [0, 0.1) is 11.8 Å². The highest BCUT2D eigenvalue weighted by Gasteiger charge is 2.35. The van der Waals surface area contributed by atoms with Gasteiger partial charge in [-0.25, -0.2) is 0 Å². The number of carbonyl (C=O) groups is 1. The van der Waals surface area contributed by atoms with Crippen LogP contribution in [0.15, 0.2) is 0 Å². The van der Waals surface area contributed by atoms with E-state index in [0.717, 1.165) is 0 Å². The van der Waals surface area contributed by atoms with Crippen molar-refractivity contribution in [3.63, 3.8) is 0 Å². The second-order valence-electron chi connectivity index (χ2n) is 2.95. The monoisotopic (exact) mass is 143 g/mol. The number of hydrogen-bond donors (Lipinski definition) is 2. The zero-order valence-electron chi connectivity index (χ0n) is 6.29. The largest absolute Gasteiger partial charge is 0.394 e. The molecule has 1 aliphatic rings. The second-order valence-corrected chi connectivity index (χ2v) is 2.95. The lowest BCUT2D eigenvalue weighted by atomic mass is 9.94. The van der Waals surface area contributed by atoms with Crippen LogP contribution in [-0.4, -0.2) is 23.7 Å². The van der Waals surface area contributed by atoms with E-state index in [2.05, 4.69) is 5.32 Å². The number of rotatable bonds is 1. The number of hydrogen-bond acceptors (Lipinski definition) is 2. The summed E-state index contributed by atoms with van der Waals surface area (Å²) in [5.41, 5.74) is 0. The van der Waals surface area contributed by atoms with Crippen LogP contribution in [0.4, 0.5) is 0 Å². The number of amides is 1. The van der Waals surface area contributed by atoms with Gasteiger partial charge in [0.2, 0.25) is 5.91 Å². The maximum atomic E-state index is 10.9. The van der Waals surface area contributed by atoms with E-state index >= 15 is 0 Å². The standard InChI is InChI=1S/C7H13NO2/c1-4-5(2)7(10)8-6(4)3-9/h4-6,9H,3H2,1-2H3,(H,8,10)/t4-,5-,6+/m0/s1. The Kier molecular flexibility index (Phi) is 1.94. The van der Waals surface area contributed by atoms with E-state index in [-0.39, 0.29) is 30.4 Å². The molecule has 0 aromatic heterocycles. The molecule has 0 aliphatic carbocycles.